The molecule has 0 bridgehead atoms. The molecule has 32 heavy (non-hydrogen) atoms. The number of halogens is 1. The van der Waals surface area contributed by atoms with Crippen LogP contribution in [-0.4, -0.2) is 37.8 Å². The highest BCUT2D eigenvalue weighted by Crippen LogP contribution is 2.36. The number of nitrogens with zero attached hydrogens (tertiary/aromatic N) is 2. The van der Waals surface area contributed by atoms with Crippen LogP contribution in [0.5, 0.6) is 0 Å². The van der Waals surface area contributed by atoms with Crippen molar-refractivity contribution < 1.29 is 9.35 Å². The van der Waals surface area contributed by atoms with Crippen molar-refractivity contribution in [2.24, 2.45) is 0 Å². The van der Waals surface area contributed by atoms with Crippen LogP contribution in [0, 0.1) is 10.1 Å². The molecule has 0 fully saturated rings. The van der Waals surface area contributed by atoms with Gasteiger partial charge in [-0.1, -0.05) is 81.4 Å². The molecular formula is C25H31BrN2O3Si. The fraction of sp³-hybridized carbons (Fsp3) is 0.360. The highest BCUT2D eigenvalue weighted by atomic mass is 79.9. The monoisotopic (exact) mass is 514 g/mol. The van der Waals surface area contributed by atoms with Crippen LogP contribution in [-0.2, 0) is 4.43 Å². The topological polar surface area (TPSA) is 55.6 Å². The Morgan fingerprint density at radius 1 is 1.03 bits per heavy atom. The van der Waals surface area contributed by atoms with E-state index in [0.29, 0.717) is 13.2 Å². The van der Waals surface area contributed by atoms with Gasteiger partial charge >= 0.3 is 0 Å². The Bertz CT molecular complexity index is 932. The third kappa shape index (κ3) is 5.57. The molecule has 0 unspecified atom stereocenters. The number of hydrogen-bond acceptors (Lipinski definition) is 4. The van der Waals surface area contributed by atoms with E-state index in [0.717, 1.165) is 23.9 Å². The van der Waals surface area contributed by atoms with Gasteiger partial charge in [0.2, 0.25) is 0 Å². The van der Waals surface area contributed by atoms with Gasteiger partial charge in [-0.2, -0.15) is 0 Å². The quantitative estimate of drug-likeness (QED) is 0.203. The molecule has 0 atom stereocenters. The van der Waals surface area contributed by atoms with E-state index < -0.39 is 8.32 Å². The lowest BCUT2D eigenvalue weighted by Crippen LogP contribution is -2.66. The first kappa shape index (κ1) is 24.4. The molecule has 7 heteroatoms. The molecule has 0 N–H and O–H groups in total. The smallest absolute Gasteiger partial charge is 0.266 e. The molecule has 0 saturated carbocycles. The summed E-state index contributed by atoms with van der Waals surface area (Å²) in [6, 6.07) is 21.3. The second kappa shape index (κ2) is 10.6. The number of hydrogen-bond donors (Lipinski definition) is 0. The van der Waals surface area contributed by atoms with E-state index in [1.807, 2.05) is 23.2 Å². The van der Waals surface area contributed by atoms with Crippen molar-refractivity contribution >= 4 is 34.6 Å². The van der Waals surface area contributed by atoms with Crippen molar-refractivity contribution in [2.75, 3.05) is 19.7 Å². The summed E-state index contributed by atoms with van der Waals surface area (Å²) >= 11 is 3.38. The summed E-state index contributed by atoms with van der Waals surface area (Å²) in [5.41, 5.74) is 0.211. The average Bonchev–Trinajstić information content (AvgIpc) is 2.76. The van der Waals surface area contributed by atoms with Gasteiger partial charge in [-0.3, -0.25) is 10.1 Å². The van der Waals surface area contributed by atoms with Crippen molar-refractivity contribution in [2.45, 2.75) is 38.7 Å². The number of benzene rings is 2. The van der Waals surface area contributed by atoms with Crippen LogP contribution in [0.25, 0.3) is 0 Å². The third-order valence-electron chi connectivity index (χ3n) is 5.79. The molecule has 5 nitrogen and oxygen atoms in total. The van der Waals surface area contributed by atoms with Gasteiger partial charge in [0.1, 0.15) is 6.54 Å². The van der Waals surface area contributed by atoms with E-state index in [1.54, 1.807) is 6.08 Å². The Morgan fingerprint density at radius 2 is 1.59 bits per heavy atom. The van der Waals surface area contributed by atoms with Crippen LogP contribution in [0.15, 0.2) is 83.1 Å². The van der Waals surface area contributed by atoms with Crippen LogP contribution >= 0.6 is 15.9 Å². The van der Waals surface area contributed by atoms with E-state index in [4.69, 9.17) is 4.43 Å². The fourth-order valence-corrected chi connectivity index (χ4v) is 9.49. The van der Waals surface area contributed by atoms with Gasteiger partial charge in [0.15, 0.2) is 0 Å². The molecule has 1 aliphatic rings. The summed E-state index contributed by atoms with van der Waals surface area (Å²) in [7, 11) is -2.51. The van der Waals surface area contributed by atoms with Crippen molar-refractivity contribution in [3.05, 3.63) is 93.2 Å². The lowest BCUT2D eigenvalue weighted by atomic mass is 10.2. The minimum Gasteiger partial charge on any atom is -0.407 e. The maximum absolute atomic E-state index is 11.1. The van der Waals surface area contributed by atoms with Crippen molar-refractivity contribution in [1.82, 2.24) is 4.90 Å². The van der Waals surface area contributed by atoms with Crippen molar-refractivity contribution in [3.63, 3.8) is 0 Å². The van der Waals surface area contributed by atoms with Gasteiger partial charge in [-0.25, -0.2) is 0 Å². The molecule has 0 aliphatic carbocycles. The van der Waals surface area contributed by atoms with Crippen molar-refractivity contribution in [3.8, 4) is 0 Å². The van der Waals surface area contributed by atoms with Crippen LogP contribution < -0.4 is 10.4 Å². The maximum atomic E-state index is 11.1. The Hall–Kier alpha value is -2.22. The van der Waals surface area contributed by atoms with Gasteiger partial charge in [0.25, 0.3) is 14.0 Å². The van der Waals surface area contributed by atoms with E-state index in [2.05, 4.69) is 85.2 Å². The first-order chi connectivity index (χ1) is 15.2. The summed E-state index contributed by atoms with van der Waals surface area (Å²) in [5, 5.41) is 13.7. The molecule has 0 saturated heterocycles. The van der Waals surface area contributed by atoms with Crippen molar-refractivity contribution in [1.29, 1.82) is 0 Å². The summed E-state index contributed by atoms with van der Waals surface area (Å²) < 4.78 is 7.65. The number of rotatable bonds is 9. The summed E-state index contributed by atoms with van der Waals surface area (Å²) in [4.78, 5) is 12.8. The molecule has 0 aromatic heterocycles. The second-order valence-corrected chi connectivity index (χ2v) is 14.3. The fourth-order valence-electron chi connectivity index (χ4n) is 4.33. The lowest BCUT2D eigenvalue weighted by Gasteiger charge is -2.43. The molecule has 2 aromatic carbocycles. The molecule has 1 heterocycles. The van der Waals surface area contributed by atoms with E-state index in [9.17, 15) is 10.1 Å². The summed E-state index contributed by atoms with van der Waals surface area (Å²) in [6.45, 7) is 8.58. The van der Waals surface area contributed by atoms with Gasteiger partial charge in [0, 0.05) is 29.9 Å². The first-order valence-corrected chi connectivity index (χ1v) is 13.7. The minimum atomic E-state index is -2.51. The number of allylic oxidation sites excluding steroid dienone is 2. The Kier molecular flexibility index (Phi) is 8.09. The standard InChI is InChI=1S/C25H31BrN2O3Si/c1-25(2,3)32(23-12-6-4-7-13-23,24-14-8-5-9-15-24)31-17-11-10-16-27-19-21(26)18-22(20-27)28(29)30/h4-9,12-15,18-19H,10-11,16-17,20H2,1-3H3. The minimum absolute atomic E-state index is 0.0401. The molecule has 0 radical (unpaired) electrons. The Labute approximate surface area is 200 Å². The van der Waals surface area contributed by atoms with Crippen LogP contribution in [0.3, 0.4) is 0 Å². The van der Waals surface area contributed by atoms with E-state index in [-0.39, 0.29) is 15.7 Å². The Morgan fingerprint density at radius 3 is 2.09 bits per heavy atom. The SMILES string of the molecule is CC(C)(C)[Si](OCCCCN1C=C(Br)C=C([N+](=O)[O-])C1)(c1ccccc1)c1ccccc1. The zero-order chi connectivity index (χ0) is 23.2. The molecule has 0 amide bonds. The molecule has 0 spiro atoms. The predicted molar refractivity (Wildman–Crippen MR) is 136 cm³/mol. The largest absolute Gasteiger partial charge is 0.407 e. The predicted octanol–water partition coefficient (Wildman–Crippen LogP) is 5.06. The Balaban J connectivity index is 1.71. The van der Waals surface area contributed by atoms with Gasteiger partial charge < -0.3 is 9.33 Å². The maximum Gasteiger partial charge on any atom is 0.266 e. The van der Waals surface area contributed by atoms with E-state index in [1.165, 1.54) is 10.4 Å². The van der Waals surface area contributed by atoms with Crippen LogP contribution in [0.1, 0.15) is 33.6 Å². The number of unbranched alkanes of at least 4 members (excludes halogenated alkanes) is 1. The van der Waals surface area contributed by atoms with Crippen LogP contribution in [0.2, 0.25) is 5.04 Å². The van der Waals surface area contributed by atoms with E-state index >= 15 is 0 Å². The highest BCUT2D eigenvalue weighted by Gasteiger charge is 2.49. The third-order valence-corrected chi connectivity index (χ3v) is 11.3. The molecule has 2 aromatic rings. The van der Waals surface area contributed by atoms with Crippen LogP contribution in [0.4, 0.5) is 0 Å². The summed E-state index contributed by atoms with van der Waals surface area (Å²) in [6.07, 6.45) is 5.29. The molecule has 3 rings (SSSR count). The van der Waals surface area contributed by atoms with Gasteiger partial charge in [0.05, 0.1) is 4.92 Å². The summed E-state index contributed by atoms with van der Waals surface area (Å²) in [5.74, 6) is 0. The average molecular weight is 516 g/mol. The molecular weight excluding hydrogens is 484 g/mol. The van der Waals surface area contributed by atoms with Gasteiger partial charge in [-0.05, 0) is 44.2 Å². The zero-order valence-electron chi connectivity index (χ0n) is 19.0. The second-order valence-electron chi connectivity index (χ2n) is 9.10. The molecule has 170 valence electrons. The first-order valence-electron chi connectivity index (χ1n) is 11.0. The molecule has 1 aliphatic heterocycles. The normalized spacial score (nSPS) is 14.7. The number of nitro groups is 1. The zero-order valence-corrected chi connectivity index (χ0v) is 21.5. The highest BCUT2D eigenvalue weighted by molar-refractivity contribution is 9.11. The lowest BCUT2D eigenvalue weighted by molar-refractivity contribution is -0.428. The van der Waals surface area contributed by atoms with Gasteiger partial charge in [-0.15, -0.1) is 0 Å².